The highest BCUT2D eigenvalue weighted by Crippen LogP contribution is 2.28. The average molecular weight is 365 g/mol. The number of hydrogen-bond acceptors (Lipinski definition) is 2. The highest BCUT2D eigenvalue weighted by Gasteiger charge is 2.02. The summed E-state index contributed by atoms with van der Waals surface area (Å²) >= 11 is 0. The number of aryl methyl sites for hydroxylation is 1. The van der Waals surface area contributed by atoms with Gasteiger partial charge >= 0.3 is 0 Å². The van der Waals surface area contributed by atoms with Crippen LogP contribution in [0, 0.1) is 0 Å². The van der Waals surface area contributed by atoms with Crippen LogP contribution in [0.3, 0.4) is 0 Å². The highest BCUT2D eigenvalue weighted by atomic mass is 16.5. The lowest BCUT2D eigenvalue weighted by Crippen LogP contribution is -1.85. The third-order valence-corrected chi connectivity index (χ3v) is 4.78. The van der Waals surface area contributed by atoms with E-state index in [0.29, 0.717) is 0 Å². The number of nitrogens with zero attached hydrogens (tertiary/aromatic N) is 1. The molecule has 138 valence electrons. The van der Waals surface area contributed by atoms with Gasteiger partial charge in [0.05, 0.1) is 0 Å². The average Bonchev–Trinajstić information content (AvgIpc) is 2.76. The van der Waals surface area contributed by atoms with E-state index in [0.717, 1.165) is 17.9 Å². The minimum Gasteiger partial charge on any atom is -0.457 e. The largest absolute Gasteiger partial charge is 0.457 e. The summed E-state index contributed by atoms with van der Waals surface area (Å²) in [5.41, 5.74) is 6.27. The highest BCUT2D eigenvalue weighted by molar-refractivity contribution is 5.70. The summed E-state index contributed by atoms with van der Waals surface area (Å²) in [6.07, 6.45) is 5.77. The Labute approximate surface area is 166 Å². The molecule has 3 aromatic carbocycles. The maximum Gasteiger partial charge on any atom is 0.130 e. The van der Waals surface area contributed by atoms with Crippen molar-refractivity contribution in [3.8, 4) is 33.8 Å². The third-order valence-electron chi connectivity index (χ3n) is 4.78. The summed E-state index contributed by atoms with van der Waals surface area (Å²) in [4.78, 5) is 4.00. The van der Waals surface area contributed by atoms with Gasteiger partial charge in [0.25, 0.3) is 0 Å². The van der Waals surface area contributed by atoms with Gasteiger partial charge in [-0.05, 0) is 58.5 Å². The van der Waals surface area contributed by atoms with Crippen molar-refractivity contribution in [2.24, 2.45) is 0 Å². The van der Waals surface area contributed by atoms with Crippen molar-refractivity contribution in [2.45, 2.75) is 19.8 Å². The van der Waals surface area contributed by atoms with Crippen LogP contribution in [-0.4, -0.2) is 4.98 Å². The van der Waals surface area contributed by atoms with E-state index >= 15 is 0 Å². The van der Waals surface area contributed by atoms with Crippen LogP contribution in [-0.2, 0) is 6.42 Å². The second-order valence-corrected chi connectivity index (χ2v) is 6.83. The first-order valence-corrected chi connectivity index (χ1v) is 9.69. The molecule has 0 saturated carbocycles. The van der Waals surface area contributed by atoms with Crippen LogP contribution in [0.25, 0.3) is 22.3 Å². The summed E-state index contributed by atoms with van der Waals surface area (Å²) in [5.74, 6) is 1.61. The number of hydrogen-bond donors (Lipinski definition) is 0. The van der Waals surface area contributed by atoms with Gasteiger partial charge in [0.2, 0.25) is 0 Å². The van der Waals surface area contributed by atoms with Crippen molar-refractivity contribution in [3.63, 3.8) is 0 Å². The van der Waals surface area contributed by atoms with E-state index in [1.54, 1.807) is 12.4 Å². The molecule has 0 saturated heterocycles. The number of aromatic nitrogens is 1. The molecule has 4 aromatic rings. The Balaban J connectivity index is 1.47. The molecule has 2 heteroatoms. The Hall–Kier alpha value is -3.39. The molecule has 1 heterocycles. The summed E-state index contributed by atoms with van der Waals surface area (Å²) in [5, 5.41) is 0. The molecule has 0 atom stereocenters. The molecular formula is C26H23NO. The van der Waals surface area contributed by atoms with Crippen LogP contribution in [0.15, 0.2) is 97.3 Å². The molecule has 0 bridgehead atoms. The van der Waals surface area contributed by atoms with E-state index in [2.05, 4.69) is 72.6 Å². The maximum absolute atomic E-state index is 5.83. The Morgan fingerprint density at radius 1 is 0.571 bits per heavy atom. The first-order chi connectivity index (χ1) is 13.8. The molecule has 28 heavy (non-hydrogen) atoms. The molecule has 0 aliphatic rings. The van der Waals surface area contributed by atoms with Gasteiger partial charge in [0, 0.05) is 12.4 Å². The Morgan fingerprint density at radius 2 is 1.00 bits per heavy atom. The predicted octanol–water partition coefficient (Wildman–Crippen LogP) is 7.16. The van der Waals surface area contributed by atoms with E-state index in [1.807, 2.05) is 24.3 Å². The van der Waals surface area contributed by atoms with Crippen molar-refractivity contribution >= 4 is 0 Å². The summed E-state index contributed by atoms with van der Waals surface area (Å²) < 4.78 is 5.83. The van der Waals surface area contributed by atoms with Crippen LogP contribution < -0.4 is 4.74 Å². The van der Waals surface area contributed by atoms with E-state index in [4.69, 9.17) is 4.74 Å². The fraction of sp³-hybridized carbons (Fsp3) is 0.115. The molecule has 0 spiro atoms. The molecule has 0 amide bonds. The lowest BCUT2D eigenvalue weighted by Gasteiger charge is -2.08. The molecule has 0 radical (unpaired) electrons. The summed E-state index contributed by atoms with van der Waals surface area (Å²) in [6.45, 7) is 2.21. The van der Waals surface area contributed by atoms with Crippen molar-refractivity contribution in [3.05, 3.63) is 103 Å². The van der Waals surface area contributed by atoms with E-state index < -0.39 is 0 Å². The molecule has 2 nitrogen and oxygen atoms in total. The lowest BCUT2D eigenvalue weighted by molar-refractivity contribution is 0.482. The van der Waals surface area contributed by atoms with E-state index in [-0.39, 0.29) is 0 Å². The van der Waals surface area contributed by atoms with Gasteiger partial charge in [0.1, 0.15) is 11.5 Å². The normalized spacial score (nSPS) is 10.6. The smallest absolute Gasteiger partial charge is 0.130 e. The van der Waals surface area contributed by atoms with Gasteiger partial charge in [-0.1, -0.05) is 74.0 Å². The zero-order valence-electron chi connectivity index (χ0n) is 16.0. The first-order valence-electron chi connectivity index (χ1n) is 9.69. The molecule has 0 aliphatic heterocycles. The fourth-order valence-corrected chi connectivity index (χ4v) is 3.27. The van der Waals surface area contributed by atoms with Crippen molar-refractivity contribution in [1.82, 2.24) is 4.98 Å². The molecule has 4 rings (SSSR count). The zero-order chi connectivity index (χ0) is 19.2. The quantitative estimate of drug-likeness (QED) is 0.361. The number of ether oxygens (including phenoxy) is 1. The monoisotopic (exact) mass is 365 g/mol. The molecule has 1 aromatic heterocycles. The fourth-order valence-electron chi connectivity index (χ4n) is 3.27. The molecular weight excluding hydrogens is 342 g/mol. The van der Waals surface area contributed by atoms with Gasteiger partial charge in [-0.15, -0.1) is 0 Å². The minimum absolute atomic E-state index is 0.789. The predicted molar refractivity (Wildman–Crippen MR) is 116 cm³/mol. The summed E-state index contributed by atoms with van der Waals surface area (Å²) in [7, 11) is 0. The molecule has 0 N–H and O–H groups in total. The van der Waals surface area contributed by atoms with Crippen LogP contribution in [0.4, 0.5) is 0 Å². The van der Waals surface area contributed by atoms with Crippen LogP contribution >= 0.6 is 0 Å². The topological polar surface area (TPSA) is 22.1 Å². The van der Waals surface area contributed by atoms with Gasteiger partial charge in [-0.25, -0.2) is 0 Å². The van der Waals surface area contributed by atoms with E-state index in [9.17, 15) is 0 Å². The summed E-state index contributed by atoms with van der Waals surface area (Å²) in [6, 6.07) is 29.5. The van der Waals surface area contributed by atoms with Crippen molar-refractivity contribution in [1.29, 1.82) is 0 Å². The second-order valence-electron chi connectivity index (χ2n) is 6.83. The second kappa shape index (κ2) is 8.53. The molecule has 0 fully saturated rings. The third kappa shape index (κ3) is 4.29. The van der Waals surface area contributed by atoms with Crippen LogP contribution in [0.1, 0.15) is 18.9 Å². The van der Waals surface area contributed by atoms with Gasteiger partial charge in [-0.2, -0.15) is 0 Å². The maximum atomic E-state index is 5.83. The van der Waals surface area contributed by atoms with Crippen LogP contribution in [0.5, 0.6) is 11.5 Å². The number of pyridine rings is 1. The van der Waals surface area contributed by atoms with Gasteiger partial charge < -0.3 is 4.74 Å². The van der Waals surface area contributed by atoms with Gasteiger partial charge in [0.15, 0.2) is 0 Å². The standard InChI is InChI=1S/C26H23NO/c1-2-3-20-4-6-21(7-5-20)22-8-10-23(11-9-22)24-12-14-25(15-13-24)28-26-16-18-27-19-17-26/h4-19H,2-3H2,1H3. The SMILES string of the molecule is CCCc1ccc(-c2ccc(-c3ccc(Oc4ccncc4)cc3)cc2)cc1. The van der Waals surface area contributed by atoms with Crippen molar-refractivity contribution in [2.75, 3.05) is 0 Å². The first kappa shape index (κ1) is 18.0. The Kier molecular flexibility index (Phi) is 5.48. The Bertz CT molecular complexity index is 1000. The zero-order valence-corrected chi connectivity index (χ0v) is 16.0. The number of benzene rings is 3. The van der Waals surface area contributed by atoms with Crippen molar-refractivity contribution < 1.29 is 4.74 Å². The molecule has 0 aliphatic carbocycles. The minimum atomic E-state index is 0.789. The van der Waals surface area contributed by atoms with Gasteiger partial charge in [-0.3, -0.25) is 4.98 Å². The van der Waals surface area contributed by atoms with E-state index in [1.165, 1.54) is 34.2 Å². The number of rotatable bonds is 6. The van der Waals surface area contributed by atoms with Crippen LogP contribution in [0.2, 0.25) is 0 Å². The Morgan fingerprint density at radius 3 is 1.50 bits per heavy atom. The lowest BCUT2D eigenvalue weighted by atomic mass is 9.99. The molecule has 0 unspecified atom stereocenters.